The minimum atomic E-state index is -0.804. The molecule has 162 valence electrons. The Hall–Kier alpha value is -1.25. The number of ether oxygens (including phenoxy) is 1. The molecule has 0 aromatic heterocycles. The van der Waals surface area contributed by atoms with E-state index in [1.807, 2.05) is 12.2 Å². The minimum Gasteiger partial charge on any atom is -0.491 e. The Morgan fingerprint density at radius 1 is 1.31 bits per heavy atom. The smallest absolute Gasteiger partial charge is 0.303 e. The Balaban J connectivity index is 1.75. The highest BCUT2D eigenvalue weighted by Crippen LogP contribution is 2.38. The molecular weight excluding hydrogens is 416 g/mol. The number of halogens is 1. The van der Waals surface area contributed by atoms with Gasteiger partial charge in [0.1, 0.15) is 12.4 Å². The van der Waals surface area contributed by atoms with Crippen LogP contribution in [0.25, 0.3) is 0 Å². The largest absolute Gasteiger partial charge is 0.491 e. The van der Waals surface area contributed by atoms with Gasteiger partial charge in [-0.3, -0.25) is 4.79 Å². The fourth-order valence-corrected chi connectivity index (χ4v) is 4.94. The maximum atomic E-state index is 10.5. The standard InChI is InChI=1S/C21H29ClO6S/c22-14-6-5-7-16(10-14)28-12-15(23)13-29-21-17(18(24)11-19(21)25)8-3-1-2-4-9-20(26)27/h1,3,5-7,10,15,17-19,21,23-25H,2,4,8-9,11-13H2,(H,26,27)/b3-1+/t15?,17?,18-,19+,21?/m0/s1. The van der Waals surface area contributed by atoms with Crippen LogP contribution in [0, 0.1) is 5.92 Å². The number of rotatable bonds is 12. The second-order valence-electron chi connectivity index (χ2n) is 7.25. The number of carboxylic acids is 1. The lowest BCUT2D eigenvalue weighted by molar-refractivity contribution is -0.137. The second-order valence-corrected chi connectivity index (χ2v) is 8.89. The lowest BCUT2D eigenvalue weighted by Gasteiger charge is -2.23. The van der Waals surface area contributed by atoms with Crippen LogP contribution in [-0.2, 0) is 4.79 Å². The summed E-state index contributed by atoms with van der Waals surface area (Å²) in [6, 6.07) is 6.96. The number of hydrogen-bond donors (Lipinski definition) is 4. The zero-order valence-corrected chi connectivity index (χ0v) is 17.8. The molecule has 0 aliphatic heterocycles. The van der Waals surface area contributed by atoms with Gasteiger partial charge in [0.15, 0.2) is 0 Å². The molecule has 1 fully saturated rings. The van der Waals surface area contributed by atoms with Gasteiger partial charge in [0, 0.05) is 34.8 Å². The molecule has 8 heteroatoms. The molecule has 29 heavy (non-hydrogen) atoms. The zero-order valence-electron chi connectivity index (χ0n) is 16.2. The number of aliphatic carboxylic acids is 1. The molecule has 0 bridgehead atoms. The van der Waals surface area contributed by atoms with Crippen LogP contribution in [0.2, 0.25) is 5.02 Å². The van der Waals surface area contributed by atoms with E-state index < -0.39 is 24.3 Å². The molecule has 1 aromatic carbocycles. The molecule has 5 atom stereocenters. The van der Waals surface area contributed by atoms with Gasteiger partial charge in [-0.25, -0.2) is 0 Å². The van der Waals surface area contributed by atoms with Crippen LogP contribution >= 0.6 is 23.4 Å². The molecule has 0 spiro atoms. The minimum absolute atomic E-state index is 0.105. The summed E-state index contributed by atoms with van der Waals surface area (Å²) in [5.41, 5.74) is 0. The first-order valence-corrected chi connectivity index (χ1v) is 11.2. The van der Waals surface area contributed by atoms with Crippen LogP contribution in [0.15, 0.2) is 36.4 Å². The van der Waals surface area contributed by atoms with E-state index in [1.165, 1.54) is 11.8 Å². The van der Waals surface area contributed by atoms with Crippen molar-refractivity contribution in [1.82, 2.24) is 0 Å². The molecule has 2 rings (SSSR count). The predicted molar refractivity (Wildman–Crippen MR) is 115 cm³/mol. The van der Waals surface area contributed by atoms with Crippen molar-refractivity contribution in [2.75, 3.05) is 12.4 Å². The Labute approximate surface area is 180 Å². The third-order valence-corrected chi connectivity index (χ3v) is 6.70. The highest BCUT2D eigenvalue weighted by Gasteiger charge is 2.41. The van der Waals surface area contributed by atoms with Gasteiger partial charge in [-0.1, -0.05) is 29.8 Å². The summed E-state index contributed by atoms with van der Waals surface area (Å²) in [4.78, 5) is 10.5. The van der Waals surface area contributed by atoms with Crippen LogP contribution in [0.5, 0.6) is 5.75 Å². The number of allylic oxidation sites excluding steroid dienone is 2. The summed E-state index contributed by atoms with van der Waals surface area (Å²) in [7, 11) is 0. The van der Waals surface area contributed by atoms with E-state index in [0.29, 0.717) is 42.2 Å². The average molecular weight is 445 g/mol. The Morgan fingerprint density at radius 2 is 2.10 bits per heavy atom. The van der Waals surface area contributed by atoms with Crippen LogP contribution in [0.1, 0.15) is 32.1 Å². The summed E-state index contributed by atoms with van der Waals surface area (Å²) < 4.78 is 5.55. The Kier molecular flexibility index (Phi) is 10.3. The van der Waals surface area contributed by atoms with Gasteiger partial charge < -0.3 is 25.2 Å². The molecule has 0 heterocycles. The van der Waals surface area contributed by atoms with E-state index in [2.05, 4.69) is 0 Å². The number of carboxylic acid groups (broad SMARTS) is 1. The first-order chi connectivity index (χ1) is 13.9. The topological polar surface area (TPSA) is 107 Å². The highest BCUT2D eigenvalue weighted by molar-refractivity contribution is 8.00. The van der Waals surface area contributed by atoms with E-state index in [9.17, 15) is 20.1 Å². The van der Waals surface area contributed by atoms with Crippen LogP contribution in [0.3, 0.4) is 0 Å². The van der Waals surface area contributed by atoms with E-state index >= 15 is 0 Å². The number of thioether (sulfide) groups is 1. The average Bonchev–Trinajstić information content (AvgIpc) is 2.93. The van der Waals surface area contributed by atoms with Gasteiger partial charge in [-0.2, -0.15) is 11.8 Å². The summed E-state index contributed by atoms with van der Waals surface area (Å²) in [5.74, 6) is 0.0612. The SMILES string of the molecule is O=C(O)CCC/C=C/CC1C(SCC(O)COc2cccc(Cl)c2)[C@H](O)C[C@@H]1O. The Bertz CT molecular complexity index is 670. The van der Waals surface area contributed by atoms with Crippen LogP contribution < -0.4 is 4.74 Å². The third kappa shape index (κ3) is 8.56. The first-order valence-electron chi connectivity index (χ1n) is 9.77. The zero-order chi connectivity index (χ0) is 21.2. The molecule has 1 aliphatic carbocycles. The van der Waals surface area contributed by atoms with Crippen molar-refractivity contribution in [3.8, 4) is 5.75 Å². The molecule has 1 saturated carbocycles. The molecular formula is C21H29ClO6S. The molecule has 1 aliphatic rings. The third-order valence-electron chi connectivity index (χ3n) is 4.83. The number of carbonyl (C=O) groups is 1. The van der Waals surface area contributed by atoms with Crippen LogP contribution in [-0.4, -0.2) is 62.3 Å². The maximum absolute atomic E-state index is 10.5. The molecule has 0 radical (unpaired) electrons. The lowest BCUT2D eigenvalue weighted by atomic mass is 10.0. The number of hydrogen-bond acceptors (Lipinski definition) is 6. The van der Waals surface area contributed by atoms with Crippen molar-refractivity contribution in [3.63, 3.8) is 0 Å². The number of aliphatic hydroxyl groups excluding tert-OH is 3. The lowest BCUT2D eigenvalue weighted by Crippen LogP contribution is -2.28. The number of benzene rings is 1. The molecule has 0 saturated heterocycles. The van der Waals surface area contributed by atoms with Crippen LogP contribution in [0.4, 0.5) is 0 Å². The summed E-state index contributed by atoms with van der Waals surface area (Å²) >= 11 is 7.35. The fraction of sp³-hybridized carbons (Fsp3) is 0.571. The van der Waals surface area contributed by atoms with Gasteiger partial charge in [-0.15, -0.1) is 0 Å². The van der Waals surface area contributed by atoms with E-state index in [0.717, 1.165) is 0 Å². The van der Waals surface area contributed by atoms with Gasteiger partial charge in [0.25, 0.3) is 0 Å². The molecule has 0 amide bonds. The van der Waals surface area contributed by atoms with Gasteiger partial charge >= 0.3 is 5.97 Å². The number of unbranched alkanes of at least 4 members (excludes halogenated alkanes) is 1. The van der Waals surface area contributed by atoms with E-state index in [1.54, 1.807) is 24.3 Å². The van der Waals surface area contributed by atoms with Crippen molar-refractivity contribution < 1.29 is 30.0 Å². The molecule has 3 unspecified atom stereocenters. The quantitative estimate of drug-likeness (QED) is 0.290. The van der Waals surface area contributed by atoms with Crippen molar-refractivity contribution in [1.29, 1.82) is 0 Å². The first kappa shape index (κ1) is 24.0. The summed E-state index contributed by atoms with van der Waals surface area (Å²) in [6.07, 6.45) is 4.28. The van der Waals surface area contributed by atoms with Gasteiger partial charge in [0.2, 0.25) is 0 Å². The van der Waals surface area contributed by atoms with Crippen molar-refractivity contribution in [2.24, 2.45) is 5.92 Å². The normalized spacial score (nSPS) is 25.4. The summed E-state index contributed by atoms with van der Waals surface area (Å²) in [6.45, 7) is 0.118. The second kappa shape index (κ2) is 12.4. The highest BCUT2D eigenvalue weighted by atomic mass is 35.5. The fourth-order valence-electron chi connectivity index (χ4n) is 3.35. The Morgan fingerprint density at radius 3 is 2.83 bits per heavy atom. The van der Waals surface area contributed by atoms with Crippen molar-refractivity contribution in [3.05, 3.63) is 41.4 Å². The van der Waals surface area contributed by atoms with E-state index in [4.69, 9.17) is 21.4 Å². The predicted octanol–water partition coefficient (Wildman–Crippen LogP) is 3.12. The number of aliphatic hydroxyl groups is 3. The maximum Gasteiger partial charge on any atom is 0.303 e. The van der Waals surface area contributed by atoms with Crippen molar-refractivity contribution in [2.45, 2.75) is 55.7 Å². The van der Waals surface area contributed by atoms with E-state index in [-0.39, 0.29) is 24.2 Å². The molecule has 1 aromatic rings. The molecule has 6 nitrogen and oxygen atoms in total. The van der Waals surface area contributed by atoms with Gasteiger partial charge in [0.05, 0.1) is 18.3 Å². The molecule has 4 N–H and O–H groups in total. The monoisotopic (exact) mass is 444 g/mol. The van der Waals surface area contributed by atoms with Crippen molar-refractivity contribution >= 4 is 29.3 Å². The summed E-state index contributed by atoms with van der Waals surface area (Å²) in [5, 5.41) is 39.8. The van der Waals surface area contributed by atoms with Gasteiger partial charge in [-0.05, 0) is 37.5 Å².